The van der Waals surface area contributed by atoms with Gasteiger partial charge in [-0.2, -0.15) is 5.10 Å². The number of nitrogens with zero attached hydrogens (tertiary/aromatic N) is 5. The van der Waals surface area contributed by atoms with Gasteiger partial charge in [0.05, 0.1) is 24.1 Å². The normalized spacial score (nSPS) is 14.1. The van der Waals surface area contributed by atoms with Crippen LogP contribution in [0.2, 0.25) is 0 Å². The van der Waals surface area contributed by atoms with Gasteiger partial charge < -0.3 is 15.0 Å². The summed E-state index contributed by atoms with van der Waals surface area (Å²) in [5.41, 5.74) is 9.08. The summed E-state index contributed by atoms with van der Waals surface area (Å²) in [6.45, 7) is 5.23. The average molecular weight is 363 g/mol. The molecule has 27 heavy (non-hydrogen) atoms. The van der Waals surface area contributed by atoms with Gasteiger partial charge in [0.1, 0.15) is 23.9 Å². The number of hydrogen-bond donors (Lipinski definition) is 2. The topological polar surface area (TPSA) is 106 Å². The second-order valence-electron chi connectivity index (χ2n) is 6.50. The molecule has 8 heteroatoms. The van der Waals surface area contributed by atoms with Crippen molar-refractivity contribution < 1.29 is 4.74 Å². The standard InChI is InChI=1S/C19H21N7O/c1-12(2)23-18(21-11-20)16-10-26-7-8-27-17-9-13(15-5-6-22-25-15)3-4-14(17)19(26)24-16/h3-6,9-12H,7-8H2,1-2H3,(H,22,25)(H2,20,21,23). The summed E-state index contributed by atoms with van der Waals surface area (Å²) >= 11 is 0. The maximum Gasteiger partial charge on any atom is 0.176 e. The number of aromatic nitrogens is 4. The van der Waals surface area contributed by atoms with Gasteiger partial charge in [-0.15, -0.1) is 0 Å². The lowest BCUT2D eigenvalue weighted by Crippen LogP contribution is -2.07. The van der Waals surface area contributed by atoms with Gasteiger partial charge in [-0.1, -0.05) is 6.07 Å². The third-order valence-corrected chi connectivity index (χ3v) is 4.21. The van der Waals surface area contributed by atoms with Gasteiger partial charge in [0.25, 0.3) is 0 Å². The highest BCUT2D eigenvalue weighted by Crippen LogP contribution is 2.35. The molecule has 2 aromatic heterocycles. The molecule has 0 fully saturated rings. The molecular formula is C19H21N7O. The minimum Gasteiger partial charge on any atom is -0.491 e. The molecule has 4 rings (SSSR count). The maximum absolute atomic E-state index is 5.97. The lowest BCUT2D eigenvalue weighted by atomic mass is 10.1. The molecule has 1 aliphatic rings. The van der Waals surface area contributed by atoms with Crippen molar-refractivity contribution in [3.63, 3.8) is 0 Å². The first kappa shape index (κ1) is 17.0. The second kappa shape index (κ2) is 7.06. The Morgan fingerprint density at radius 1 is 1.37 bits per heavy atom. The molecule has 1 aliphatic heterocycles. The van der Waals surface area contributed by atoms with Gasteiger partial charge in [-0.3, -0.25) is 10.1 Å². The molecule has 3 heterocycles. The van der Waals surface area contributed by atoms with E-state index in [1.165, 1.54) is 6.34 Å². The highest BCUT2D eigenvalue weighted by atomic mass is 16.5. The summed E-state index contributed by atoms with van der Waals surface area (Å²) < 4.78 is 8.03. The number of benzene rings is 1. The Labute approximate surface area is 156 Å². The van der Waals surface area contributed by atoms with Gasteiger partial charge in [0.2, 0.25) is 0 Å². The molecule has 0 radical (unpaired) electrons. The zero-order valence-corrected chi connectivity index (χ0v) is 15.3. The Hall–Kier alpha value is -3.42. The summed E-state index contributed by atoms with van der Waals surface area (Å²) in [6, 6.07) is 8.08. The number of rotatable bonds is 3. The number of H-pyrrole nitrogens is 1. The number of ether oxygens (including phenoxy) is 1. The molecule has 3 N–H and O–H groups in total. The van der Waals surface area contributed by atoms with Gasteiger partial charge in [-0.25, -0.2) is 9.98 Å². The number of nitrogens with two attached hydrogens (primary N) is 1. The van der Waals surface area contributed by atoms with Crippen LogP contribution in [0, 0.1) is 0 Å². The largest absolute Gasteiger partial charge is 0.491 e. The molecule has 8 nitrogen and oxygen atoms in total. The molecule has 138 valence electrons. The van der Waals surface area contributed by atoms with Crippen LogP contribution in [-0.4, -0.2) is 44.6 Å². The van der Waals surface area contributed by atoms with Crippen LogP contribution in [-0.2, 0) is 6.54 Å². The number of aromatic amines is 1. The predicted octanol–water partition coefficient (Wildman–Crippen LogP) is 2.47. The van der Waals surface area contributed by atoms with Gasteiger partial charge in [0.15, 0.2) is 5.84 Å². The Morgan fingerprint density at radius 3 is 3.00 bits per heavy atom. The molecule has 0 spiro atoms. The molecular weight excluding hydrogens is 342 g/mol. The van der Waals surface area contributed by atoms with Crippen LogP contribution in [0.5, 0.6) is 5.75 Å². The lowest BCUT2D eigenvalue weighted by Gasteiger charge is -2.08. The summed E-state index contributed by atoms with van der Waals surface area (Å²) in [7, 11) is 0. The van der Waals surface area contributed by atoms with Crippen LogP contribution >= 0.6 is 0 Å². The minimum absolute atomic E-state index is 0.0952. The van der Waals surface area contributed by atoms with E-state index in [1.807, 2.05) is 44.3 Å². The quantitative estimate of drug-likeness (QED) is 0.550. The Morgan fingerprint density at radius 2 is 2.26 bits per heavy atom. The first-order valence-electron chi connectivity index (χ1n) is 8.82. The Kier molecular flexibility index (Phi) is 4.45. The van der Waals surface area contributed by atoms with E-state index in [9.17, 15) is 0 Å². The minimum atomic E-state index is 0.0952. The number of fused-ring (bicyclic) bond motifs is 3. The van der Waals surface area contributed by atoms with Crippen LogP contribution in [0.3, 0.4) is 0 Å². The van der Waals surface area contributed by atoms with E-state index in [0.717, 1.165) is 28.4 Å². The van der Waals surface area contributed by atoms with Crippen molar-refractivity contribution >= 4 is 12.2 Å². The fraction of sp³-hybridized carbons (Fsp3) is 0.263. The molecule has 0 atom stereocenters. The van der Waals surface area contributed by atoms with E-state index >= 15 is 0 Å². The summed E-state index contributed by atoms with van der Waals surface area (Å²) in [5.74, 6) is 2.16. The van der Waals surface area contributed by atoms with Crippen LogP contribution in [0.15, 0.2) is 46.6 Å². The molecule has 0 aliphatic carbocycles. The van der Waals surface area contributed by atoms with Crippen molar-refractivity contribution in [3.8, 4) is 28.4 Å². The van der Waals surface area contributed by atoms with E-state index in [1.54, 1.807) is 6.20 Å². The van der Waals surface area contributed by atoms with Crippen molar-refractivity contribution in [2.24, 2.45) is 15.7 Å². The number of aliphatic imine (C=N–C) groups is 2. The first-order valence-corrected chi connectivity index (χ1v) is 8.82. The fourth-order valence-corrected chi connectivity index (χ4v) is 3.05. The zero-order chi connectivity index (χ0) is 18.8. The molecule has 0 bridgehead atoms. The van der Waals surface area contributed by atoms with Gasteiger partial charge in [-0.05, 0) is 32.0 Å². The summed E-state index contributed by atoms with van der Waals surface area (Å²) in [5, 5.41) is 6.99. The summed E-state index contributed by atoms with van der Waals surface area (Å²) in [4.78, 5) is 13.5. The third-order valence-electron chi connectivity index (χ3n) is 4.21. The molecule has 0 saturated heterocycles. The number of nitrogens with one attached hydrogen (secondary N) is 1. The van der Waals surface area contributed by atoms with Crippen molar-refractivity contribution in [1.29, 1.82) is 0 Å². The van der Waals surface area contributed by atoms with Gasteiger partial charge >= 0.3 is 0 Å². The Balaban J connectivity index is 1.78. The van der Waals surface area contributed by atoms with Crippen molar-refractivity contribution in [3.05, 3.63) is 42.4 Å². The number of amidine groups is 1. The molecule has 0 saturated carbocycles. The third kappa shape index (κ3) is 3.33. The van der Waals surface area contributed by atoms with Crippen molar-refractivity contribution in [2.75, 3.05) is 6.61 Å². The molecule has 0 amide bonds. The first-order chi connectivity index (χ1) is 13.2. The van der Waals surface area contributed by atoms with E-state index < -0.39 is 0 Å². The van der Waals surface area contributed by atoms with E-state index in [-0.39, 0.29) is 6.04 Å². The lowest BCUT2D eigenvalue weighted by molar-refractivity contribution is 0.307. The summed E-state index contributed by atoms with van der Waals surface area (Å²) in [6.07, 6.45) is 4.93. The second-order valence-corrected chi connectivity index (χ2v) is 6.50. The molecule has 0 unspecified atom stereocenters. The monoisotopic (exact) mass is 363 g/mol. The van der Waals surface area contributed by atoms with Crippen molar-refractivity contribution in [1.82, 2.24) is 19.7 Å². The van der Waals surface area contributed by atoms with Crippen LogP contribution < -0.4 is 10.5 Å². The Bertz CT molecular complexity index is 999. The van der Waals surface area contributed by atoms with Crippen LogP contribution in [0.1, 0.15) is 19.5 Å². The molecule has 1 aromatic carbocycles. The highest BCUT2D eigenvalue weighted by Gasteiger charge is 2.21. The fourth-order valence-electron chi connectivity index (χ4n) is 3.05. The van der Waals surface area contributed by atoms with Crippen molar-refractivity contribution in [2.45, 2.75) is 26.4 Å². The smallest absolute Gasteiger partial charge is 0.176 e. The SMILES string of the molecule is CC(C)N=C(N=CN)c1cn2c(n1)-c1ccc(-c3ccn[nH]3)cc1OCC2. The van der Waals surface area contributed by atoms with E-state index in [4.69, 9.17) is 15.5 Å². The number of imidazole rings is 1. The average Bonchev–Trinajstić information content (AvgIpc) is 3.29. The predicted molar refractivity (Wildman–Crippen MR) is 105 cm³/mol. The highest BCUT2D eigenvalue weighted by molar-refractivity contribution is 6.01. The van der Waals surface area contributed by atoms with Crippen LogP contribution in [0.4, 0.5) is 0 Å². The zero-order valence-electron chi connectivity index (χ0n) is 15.3. The van der Waals surface area contributed by atoms with E-state index in [2.05, 4.69) is 24.7 Å². The van der Waals surface area contributed by atoms with Crippen LogP contribution in [0.25, 0.3) is 22.6 Å². The maximum atomic E-state index is 5.97. The van der Waals surface area contributed by atoms with E-state index in [0.29, 0.717) is 24.7 Å². The molecule has 3 aromatic rings. The number of hydrogen-bond acceptors (Lipinski definition) is 4. The van der Waals surface area contributed by atoms with Gasteiger partial charge in [0, 0.05) is 24.0 Å².